The summed E-state index contributed by atoms with van der Waals surface area (Å²) < 4.78 is 0. The van der Waals surface area contributed by atoms with Gasteiger partial charge in [-0.2, -0.15) is 0 Å². The standard InChI is InChI=1S/C18H20N2O3/c1-12(2)11-17(22)19-13-7-9-14(10-8-13)20-18(23)15-5-3-4-6-16(15)21/h3-10,12,21H,11H2,1-2H3,(H,19,22)(H,20,23). The van der Waals surface area contributed by atoms with E-state index in [0.29, 0.717) is 23.7 Å². The Morgan fingerprint density at radius 1 is 0.957 bits per heavy atom. The fourth-order valence-electron chi connectivity index (χ4n) is 2.08. The topological polar surface area (TPSA) is 78.4 Å². The van der Waals surface area contributed by atoms with Crippen molar-refractivity contribution in [2.24, 2.45) is 5.92 Å². The van der Waals surface area contributed by atoms with Gasteiger partial charge in [0.05, 0.1) is 5.56 Å². The molecule has 0 aliphatic heterocycles. The van der Waals surface area contributed by atoms with Gasteiger partial charge in [0, 0.05) is 17.8 Å². The lowest BCUT2D eigenvalue weighted by atomic mass is 10.1. The van der Waals surface area contributed by atoms with Crippen LogP contribution >= 0.6 is 0 Å². The number of hydrogen-bond donors (Lipinski definition) is 3. The maximum atomic E-state index is 12.1. The Labute approximate surface area is 135 Å². The van der Waals surface area contributed by atoms with E-state index in [1.165, 1.54) is 6.07 Å². The highest BCUT2D eigenvalue weighted by molar-refractivity contribution is 6.06. The minimum absolute atomic E-state index is 0.0361. The molecule has 2 amide bonds. The molecule has 0 aliphatic carbocycles. The van der Waals surface area contributed by atoms with E-state index < -0.39 is 0 Å². The van der Waals surface area contributed by atoms with E-state index in [0.717, 1.165) is 0 Å². The number of phenols is 1. The van der Waals surface area contributed by atoms with Crippen molar-refractivity contribution in [1.82, 2.24) is 0 Å². The van der Waals surface area contributed by atoms with Crippen LogP contribution in [0.25, 0.3) is 0 Å². The molecule has 0 atom stereocenters. The van der Waals surface area contributed by atoms with Crippen LogP contribution in [0.2, 0.25) is 0 Å². The molecule has 0 fully saturated rings. The Hall–Kier alpha value is -2.82. The summed E-state index contributed by atoms with van der Waals surface area (Å²) in [5.74, 6) is -0.194. The maximum absolute atomic E-state index is 12.1. The zero-order chi connectivity index (χ0) is 16.8. The van der Waals surface area contributed by atoms with E-state index in [1.807, 2.05) is 13.8 Å². The van der Waals surface area contributed by atoms with Gasteiger partial charge in [0.25, 0.3) is 5.91 Å². The Bertz CT molecular complexity index is 694. The van der Waals surface area contributed by atoms with Crippen molar-refractivity contribution in [2.75, 3.05) is 10.6 Å². The molecule has 5 nitrogen and oxygen atoms in total. The summed E-state index contributed by atoms with van der Waals surface area (Å²) in [5.41, 5.74) is 1.47. The molecule has 0 aliphatic rings. The van der Waals surface area contributed by atoms with Crippen LogP contribution in [0, 0.1) is 5.92 Å². The highest BCUT2D eigenvalue weighted by Gasteiger charge is 2.10. The zero-order valence-electron chi connectivity index (χ0n) is 13.2. The Kier molecular flexibility index (Phi) is 5.36. The molecule has 0 radical (unpaired) electrons. The lowest BCUT2D eigenvalue weighted by molar-refractivity contribution is -0.116. The maximum Gasteiger partial charge on any atom is 0.259 e. The first-order valence-corrected chi connectivity index (χ1v) is 7.45. The fraction of sp³-hybridized carbons (Fsp3) is 0.222. The summed E-state index contributed by atoms with van der Waals surface area (Å²) in [6.45, 7) is 3.97. The van der Waals surface area contributed by atoms with Gasteiger partial charge in [0.15, 0.2) is 0 Å². The number of para-hydroxylation sites is 1. The molecule has 3 N–H and O–H groups in total. The van der Waals surface area contributed by atoms with Crippen LogP contribution in [0.1, 0.15) is 30.6 Å². The van der Waals surface area contributed by atoms with Gasteiger partial charge in [-0.1, -0.05) is 26.0 Å². The van der Waals surface area contributed by atoms with Crippen molar-refractivity contribution in [3.05, 3.63) is 54.1 Å². The quantitative estimate of drug-likeness (QED) is 0.789. The van der Waals surface area contributed by atoms with Crippen LogP contribution < -0.4 is 10.6 Å². The van der Waals surface area contributed by atoms with Crippen molar-refractivity contribution < 1.29 is 14.7 Å². The van der Waals surface area contributed by atoms with Gasteiger partial charge in [-0.3, -0.25) is 9.59 Å². The minimum Gasteiger partial charge on any atom is -0.507 e. The average Bonchev–Trinajstić information content (AvgIpc) is 2.48. The Morgan fingerprint density at radius 2 is 1.52 bits per heavy atom. The predicted molar refractivity (Wildman–Crippen MR) is 90.6 cm³/mol. The molecule has 0 heterocycles. The van der Waals surface area contributed by atoms with Crippen LogP contribution in [0.5, 0.6) is 5.75 Å². The molecule has 0 aromatic heterocycles. The highest BCUT2D eigenvalue weighted by atomic mass is 16.3. The van der Waals surface area contributed by atoms with Crippen LogP contribution in [0.3, 0.4) is 0 Å². The lowest BCUT2D eigenvalue weighted by Crippen LogP contribution is -2.14. The minimum atomic E-state index is -0.389. The molecule has 5 heteroatoms. The van der Waals surface area contributed by atoms with E-state index in [-0.39, 0.29) is 23.1 Å². The van der Waals surface area contributed by atoms with Crippen LogP contribution in [-0.4, -0.2) is 16.9 Å². The monoisotopic (exact) mass is 312 g/mol. The summed E-state index contributed by atoms with van der Waals surface area (Å²) in [5, 5.41) is 15.2. The molecular formula is C18H20N2O3. The third-order valence-electron chi connectivity index (χ3n) is 3.17. The summed E-state index contributed by atoms with van der Waals surface area (Å²) in [7, 11) is 0. The molecule has 0 bridgehead atoms. The van der Waals surface area contributed by atoms with Gasteiger partial charge in [0.2, 0.25) is 5.91 Å². The predicted octanol–water partition coefficient (Wildman–Crippen LogP) is 3.63. The van der Waals surface area contributed by atoms with E-state index in [1.54, 1.807) is 42.5 Å². The van der Waals surface area contributed by atoms with E-state index in [4.69, 9.17) is 0 Å². The number of amides is 2. The third kappa shape index (κ3) is 4.85. The number of phenolic OH excluding ortho intramolecular Hbond substituents is 1. The summed E-state index contributed by atoms with van der Waals surface area (Å²) >= 11 is 0. The van der Waals surface area contributed by atoms with Gasteiger partial charge in [-0.15, -0.1) is 0 Å². The van der Waals surface area contributed by atoms with Crippen molar-refractivity contribution in [3.8, 4) is 5.75 Å². The summed E-state index contributed by atoms with van der Waals surface area (Å²) in [6, 6.07) is 13.2. The van der Waals surface area contributed by atoms with Crippen LogP contribution in [-0.2, 0) is 4.79 Å². The van der Waals surface area contributed by atoms with Crippen molar-refractivity contribution in [2.45, 2.75) is 20.3 Å². The first-order chi connectivity index (χ1) is 11.0. The number of aromatic hydroxyl groups is 1. The fourth-order valence-corrected chi connectivity index (χ4v) is 2.08. The number of nitrogens with one attached hydrogen (secondary N) is 2. The second-order valence-corrected chi connectivity index (χ2v) is 5.69. The molecule has 0 saturated heterocycles. The van der Waals surface area contributed by atoms with Crippen LogP contribution in [0.4, 0.5) is 11.4 Å². The second-order valence-electron chi connectivity index (χ2n) is 5.69. The summed E-state index contributed by atoms with van der Waals surface area (Å²) in [4.78, 5) is 23.8. The number of benzene rings is 2. The first-order valence-electron chi connectivity index (χ1n) is 7.45. The van der Waals surface area contributed by atoms with Gasteiger partial charge in [0.1, 0.15) is 5.75 Å². The van der Waals surface area contributed by atoms with E-state index in [9.17, 15) is 14.7 Å². The number of hydrogen-bond acceptors (Lipinski definition) is 3. The molecule has 0 unspecified atom stereocenters. The average molecular weight is 312 g/mol. The zero-order valence-corrected chi connectivity index (χ0v) is 13.2. The van der Waals surface area contributed by atoms with E-state index in [2.05, 4.69) is 10.6 Å². The van der Waals surface area contributed by atoms with Crippen LogP contribution in [0.15, 0.2) is 48.5 Å². The van der Waals surface area contributed by atoms with E-state index >= 15 is 0 Å². The van der Waals surface area contributed by atoms with Crippen molar-refractivity contribution in [3.63, 3.8) is 0 Å². The number of carbonyl (C=O) groups is 2. The lowest BCUT2D eigenvalue weighted by Gasteiger charge is -2.09. The number of anilines is 2. The van der Waals surface area contributed by atoms with Crippen molar-refractivity contribution in [1.29, 1.82) is 0 Å². The normalized spacial score (nSPS) is 10.4. The number of carbonyl (C=O) groups excluding carboxylic acids is 2. The van der Waals surface area contributed by atoms with Crippen molar-refractivity contribution >= 4 is 23.2 Å². The third-order valence-corrected chi connectivity index (χ3v) is 3.17. The van der Waals surface area contributed by atoms with Gasteiger partial charge in [-0.25, -0.2) is 0 Å². The SMILES string of the molecule is CC(C)CC(=O)Nc1ccc(NC(=O)c2ccccc2O)cc1. The smallest absolute Gasteiger partial charge is 0.259 e. The molecular weight excluding hydrogens is 292 g/mol. The second kappa shape index (κ2) is 7.45. The van der Waals surface area contributed by atoms with Gasteiger partial charge >= 0.3 is 0 Å². The molecule has 120 valence electrons. The molecule has 2 rings (SSSR count). The molecule has 23 heavy (non-hydrogen) atoms. The Balaban J connectivity index is 1.99. The molecule has 0 spiro atoms. The summed E-state index contributed by atoms with van der Waals surface area (Å²) in [6.07, 6.45) is 0.464. The van der Waals surface area contributed by atoms with Gasteiger partial charge < -0.3 is 15.7 Å². The largest absolute Gasteiger partial charge is 0.507 e. The highest BCUT2D eigenvalue weighted by Crippen LogP contribution is 2.19. The molecule has 2 aromatic carbocycles. The number of rotatable bonds is 5. The Morgan fingerprint density at radius 3 is 2.09 bits per heavy atom. The molecule has 0 saturated carbocycles. The van der Waals surface area contributed by atoms with Gasteiger partial charge in [-0.05, 0) is 42.3 Å². The first kappa shape index (κ1) is 16.5. The molecule has 2 aromatic rings.